The maximum atomic E-state index is 10.9. The highest BCUT2D eigenvalue weighted by Crippen LogP contribution is 2.23. The number of benzene rings is 1. The molecule has 4 nitrogen and oxygen atoms in total. The molecule has 0 aliphatic heterocycles. The Balaban J connectivity index is 2.74. The Morgan fingerprint density at radius 2 is 2.20 bits per heavy atom. The van der Waals surface area contributed by atoms with Gasteiger partial charge in [0.25, 0.3) is 0 Å². The van der Waals surface area contributed by atoms with Crippen LogP contribution in [0.15, 0.2) is 22.7 Å². The van der Waals surface area contributed by atoms with Crippen molar-refractivity contribution in [2.75, 3.05) is 11.9 Å². The molecule has 2 N–H and O–H groups in total. The van der Waals surface area contributed by atoms with Gasteiger partial charge in [-0.1, -0.05) is 29.8 Å². The molecule has 20 heavy (non-hydrogen) atoms. The molecule has 0 spiro atoms. The van der Waals surface area contributed by atoms with Crippen molar-refractivity contribution < 1.29 is 9.90 Å². The maximum absolute atomic E-state index is 10.9. The Morgan fingerprint density at radius 3 is 2.75 bits per heavy atom. The molecule has 0 radical (unpaired) electrons. The third-order valence-electron chi connectivity index (χ3n) is 2.95. The molecule has 0 bridgehead atoms. The average molecular weight is 339 g/mol. The molecule has 0 aliphatic carbocycles. The minimum Gasteiger partial charge on any atom is -0.481 e. The zero-order chi connectivity index (χ0) is 15.1. The summed E-state index contributed by atoms with van der Waals surface area (Å²) in [6, 6.07) is 7.52. The van der Waals surface area contributed by atoms with Gasteiger partial charge < -0.3 is 10.4 Å². The number of rotatable bonds is 7. The quantitative estimate of drug-likeness (QED) is 0.791. The van der Waals surface area contributed by atoms with Crippen LogP contribution < -0.4 is 5.32 Å². The summed E-state index contributed by atoms with van der Waals surface area (Å²) < 4.78 is 0.887. The van der Waals surface area contributed by atoms with Crippen molar-refractivity contribution in [3.8, 4) is 6.07 Å². The minimum atomic E-state index is -0.785. The first-order chi connectivity index (χ1) is 9.42. The highest BCUT2D eigenvalue weighted by molar-refractivity contribution is 9.10. The van der Waals surface area contributed by atoms with E-state index in [0.717, 1.165) is 16.6 Å². The van der Waals surface area contributed by atoms with Gasteiger partial charge in [-0.3, -0.25) is 4.79 Å². The topological polar surface area (TPSA) is 73.1 Å². The molecule has 0 heterocycles. The van der Waals surface area contributed by atoms with Gasteiger partial charge in [0.05, 0.1) is 11.3 Å². The van der Waals surface area contributed by atoms with Gasteiger partial charge in [0.15, 0.2) is 0 Å². The minimum absolute atomic E-state index is 0.0537. The van der Waals surface area contributed by atoms with Crippen molar-refractivity contribution in [3.05, 3.63) is 28.2 Å². The van der Waals surface area contributed by atoms with Crippen LogP contribution in [-0.4, -0.2) is 17.6 Å². The number of carboxylic acid groups (broad SMARTS) is 1. The van der Waals surface area contributed by atoms with E-state index in [1.165, 1.54) is 0 Å². The molecule has 0 aliphatic rings. The number of nitrogens with zero attached hydrogens (tertiary/aromatic N) is 1. The van der Waals surface area contributed by atoms with Crippen LogP contribution in [0.3, 0.4) is 0 Å². The number of anilines is 1. The van der Waals surface area contributed by atoms with Crippen LogP contribution in [-0.2, 0) is 4.79 Å². The number of carboxylic acids is 1. The SMILES string of the molecule is CC(C)CC(CNc1cc(Br)ccc1C#N)CC(=O)O. The predicted octanol–water partition coefficient (Wildman–Crippen LogP) is 3.87. The summed E-state index contributed by atoms with van der Waals surface area (Å²) in [5.41, 5.74) is 1.30. The molecule has 0 saturated carbocycles. The number of nitriles is 1. The monoisotopic (exact) mass is 338 g/mol. The third kappa shape index (κ3) is 5.62. The number of nitrogens with one attached hydrogen (secondary N) is 1. The second-order valence-electron chi connectivity index (χ2n) is 5.28. The summed E-state index contributed by atoms with van der Waals surface area (Å²) in [7, 11) is 0. The number of hydrogen-bond donors (Lipinski definition) is 2. The van der Waals surface area contributed by atoms with Crippen molar-refractivity contribution in [2.45, 2.75) is 26.7 Å². The number of aliphatic carboxylic acids is 1. The first-order valence-corrected chi connectivity index (χ1v) is 7.37. The van der Waals surface area contributed by atoms with E-state index in [1.807, 2.05) is 12.1 Å². The fourth-order valence-electron chi connectivity index (χ4n) is 2.17. The van der Waals surface area contributed by atoms with E-state index in [2.05, 4.69) is 41.2 Å². The van der Waals surface area contributed by atoms with E-state index in [4.69, 9.17) is 10.4 Å². The molecule has 1 unspecified atom stereocenters. The summed E-state index contributed by atoms with van der Waals surface area (Å²) in [6.45, 7) is 4.71. The molecular formula is C15H19BrN2O2. The van der Waals surface area contributed by atoms with Crippen LogP contribution in [0.25, 0.3) is 0 Å². The normalized spacial score (nSPS) is 11.9. The Labute approximate surface area is 127 Å². The van der Waals surface area contributed by atoms with Gasteiger partial charge in [0, 0.05) is 17.4 Å². The second kappa shape index (κ2) is 7.91. The summed E-state index contributed by atoms with van der Waals surface area (Å²) in [6.07, 6.45) is 0.982. The molecule has 1 aromatic rings. The molecule has 5 heteroatoms. The van der Waals surface area contributed by atoms with Crippen LogP contribution in [0, 0.1) is 23.2 Å². The zero-order valence-electron chi connectivity index (χ0n) is 11.7. The maximum Gasteiger partial charge on any atom is 0.303 e. The van der Waals surface area contributed by atoms with E-state index in [9.17, 15) is 4.79 Å². The van der Waals surface area contributed by atoms with E-state index in [0.29, 0.717) is 18.0 Å². The molecule has 0 aromatic heterocycles. The van der Waals surface area contributed by atoms with Gasteiger partial charge in [-0.05, 0) is 36.5 Å². The largest absolute Gasteiger partial charge is 0.481 e. The van der Waals surface area contributed by atoms with E-state index in [1.54, 1.807) is 6.07 Å². The molecule has 1 rings (SSSR count). The third-order valence-corrected chi connectivity index (χ3v) is 3.44. The first kappa shape index (κ1) is 16.5. The molecule has 0 saturated heterocycles. The highest BCUT2D eigenvalue weighted by Gasteiger charge is 2.15. The molecule has 0 amide bonds. The highest BCUT2D eigenvalue weighted by atomic mass is 79.9. The van der Waals surface area contributed by atoms with Crippen LogP contribution in [0.4, 0.5) is 5.69 Å². The van der Waals surface area contributed by atoms with Gasteiger partial charge in [0.1, 0.15) is 6.07 Å². The predicted molar refractivity (Wildman–Crippen MR) is 82.5 cm³/mol. The Morgan fingerprint density at radius 1 is 1.50 bits per heavy atom. The van der Waals surface area contributed by atoms with Crippen LogP contribution in [0.5, 0.6) is 0 Å². The number of hydrogen-bond acceptors (Lipinski definition) is 3. The van der Waals surface area contributed by atoms with Crippen LogP contribution in [0.1, 0.15) is 32.3 Å². The fourth-order valence-corrected chi connectivity index (χ4v) is 2.53. The summed E-state index contributed by atoms with van der Waals surface area (Å²) in [4.78, 5) is 10.9. The van der Waals surface area contributed by atoms with Gasteiger partial charge in [-0.25, -0.2) is 0 Å². The summed E-state index contributed by atoms with van der Waals surface area (Å²) in [5, 5.41) is 21.2. The molecular weight excluding hydrogens is 320 g/mol. The van der Waals surface area contributed by atoms with E-state index in [-0.39, 0.29) is 12.3 Å². The van der Waals surface area contributed by atoms with Crippen molar-refractivity contribution in [1.29, 1.82) is 5.26 Å². The van der Waals surface area contributed by atoms with Gasteiger partial charge >= 0.3 is 5.97 Å². The average Bonchev–Trinajstić information content (AvgIpc) is 2.34. The van der Waals surface area contributed by atoms with Crippen LogP contribution >= 0.6 is 15.9 Å². The molecule has 0 fully saturated rings. The standard InChI is InChI=1S/C15H19BrN2O2/c1-10(2)5-11(6-15(19)20)9-18-14-7-13(16)4-3-12(14)8-17/h3-4,7,10-11,18H,5-6,9H2,1-2H3,(H,19,20). The lowest BCUT2D eigenvalue weighted by Gasteiger charge is -2.19. The van der Waals surface area contributed by atoms with Crippen LogP contribution in [0.2, 0.25) is 0 Å². The van der Waals surface area contributed by atoms with E-state index >= 15 is 0 Å². The van der Waals surface area contributed by atoms with Gasteiger partial charge in [-0.2, -0.15) is 5.26 Å². The molecule has 108 valence electrons. The number of carbonyl (C=O) groups is 1. The molecule has 1 atom stereocenters. The fraction of sp³-hybridized carbons (Fsp3) is 0.467. The smallest absolute Gasteiger partial charge is 0.303 e. The van der Waals surface area contributed by atoms with Crippen molar-refractivity contribution in [1.82, 2.24) is 0 Å². The lowest BCUT2D eigenvalue weighted by molar-refractivity contribution is -0.138. The van der Waals surface area contributed by atoms with Crippen molar-refractivity contribution in [2.24, 2.45) is 11.8 Å². The Hall–Kier alpha value is -1.54. The Bertz CT molecular complexity index is 509. The summed E-state index contributed by atoms with van der Waals surface area (Å²) >= 11 is 3.37. The lowest BCUT2D eigenvalue weighted by atomic mass is 9.94. The van der Waals surface area contributed by atoms with Gasteiger partial charge in [-0.15, -0.1) is 0 Å². The Kier molecular flexibility index (Phi) is 6.53. The number of halogens is 1. The first-order valence-electron chi connectivity index (χ1n) is 6.57. The summed E-state index contributed by atoms with van der Waals surface area (Å²) in [5.74, 6) is -0.288. The van der Waals surface area contributed by atoms with E-state index < -0.39 is 5.97 Å². The van der Waals surface area contributed by atoms with Crippen molar-refractivity contribution >= 4 is 27.6 Å². The zero-order valence-corrected chi connectivity index (χ0v) is 13.3. The second-order valence-corrected chi connectivity index (χ2v) is 6.19. The van der Waals surface area contributed by atoms with Crippen molar-refractivity contribution in [3.63, 3.8) is 0 Å². The molecule has 1 aromatic carbocycles. The lowest BCUT2D eigenvalue weighted by Crippen LogP contribution is -2.20. The van der Waals surface area contributed by atoms with Gasteiger partial charge in [0.2, 0.25) is 0 Å².